The highest BCUT2D eigenvalue weighted by atomic mass is 14.9. The van der Waals surface area contributed by atoms with E-state index in [1.165, 1.54) is 31.2 Å². The van der Waals surface area contributed by atoms with Crippen LogP contribution in [0.15, 0.2) is 30.3 Å². The van der Waals surface area contributed by atoms with Gasteiger partial charge in [0.1, 0.15) is 0 Å². The van der Waals surface area contributed by atoms with Crippen LogP contribution in [-0.2, 0) is 6.42 Å². The summed E-state index contributed by atoms with van der Waals surface area (Å²) in [6.07, 6.45) is 4.96. The molecule has 1 unspecified atom stereocenters. The third-order valence-corrected chi connectivity index (χ3v) is 3.74. The molecule has 1 rings (SSSR count). The maximum Gasteiger partial charge on any atom is 0.00744 e. The van der Waals surface area contributed by atoms with Gasteiger partial charge < -0.3 is 5.32 Å². The molecule has 1 N–H and O–H groups in total. The van der Waals surface area contributed by atoms with Gasteiger partial charge in [0.05, 0.1) is 0 Å². The topological polar surface area (TPSA) is 12.0 Å². The van der Waals surface area contributed by atoms with Crippen molar-refractivity contribution < 1.29 is 0 Å². The standard InChI is InChI=1S/C19H33N/c1-15(2)13-19(14-16(3)4)20-17(5)11-12-18-9-7-6-8-10-18/h6-10,15-17,19-20H,11-14H2,1-5H3. The molecule has 0 aliphatic carbocycles. The SMILES string of the molecule is CC(C)CC(CC(C)C)NC(C)CCc1ccccc1. The van der Waals surface area contributed by atoms with E-state index in [1.54, 1.807) is 0 Å². The van der Waals surface area contributed by atoms with Gasteiger partial charge in [0.25, 0.3) is 0 Å². The fourth-order valence-corrected chi connectivity index (χ4v) is 2.88. The van der Waals surface area contributed by atoms with Crippen molar-refractivity contribution in [3.05, 3.63) is 35.9 Å². The summed E-state index contributed by atoms with van der Waals surface area (Å²) in [5.74, 6) is 1.54. The second kappa shape index (κ2) is 9.18. The molecule has 0 saturated heterocycles. The van der Waals surface area contributed by atoms with Crippen molar-refractivity contribution in [1.82, 2.24) is 5.32 Å². The van der Waals surface area contributed by atoms with Crippen LogP contribution in [0.2, 0.25) is 0 Å². The zero-order valence-electron chi connectivity index (χ0n) is 14.0. The molecular weight excluding hydrogens is 242 g/mol. The van der Waals surface area contributed by atoms with Crippen LogP contribution in [0.4, 0.5) is 0 Å². The smallest absolute Gasteiger partial charge is 0.00744 e. The van der Waals surface area contributed by atoms with Crippen molar-refractivity contribution >= 4 is 0 Å². The number of benzene rings is 1. The second-order valence-electron chi connectivity index (χ2n) is 7.05. The number of hydrogen-bond acceptors (Lipinski definition) is 1. The Morgan fingerprint density at radius 3 is 1.90 bits per heavy atom. The molecule has 0 spiro atoms. The first kappa shape index (κ1) is 17.2. The van der Waals surface area contributed by atoms with Crippen molar-refractivity contribution in [2.75, 3.05) is 0 Å². The highest BCUT2D eigenvalue weighted by Gasteiger charge is 2.15. The normalized spacial score (nSPS) is 13.4. The number of rotatable bonds is 9. The highest BCUT2D eigenvalue weighted by Crippen LogP contribution is 2.15. The number of aryl methyl sites for hydroxylation is 1. The van der Waals surface area contributed by atoms with Gasteiger partial charge in [-0.2, -0.15) is 0 Å². The van der Waals surface area contributed by atoms with Crippen molar-refractivity contribution in [3.8, 4) is 0 Å². The van der Waals surface area contributed by atoms with Crippen molar-refractivity contribution in [2.45, 2.75) is 72.4 Å². The maximum absolute atomic E-state index is 3.85. The minimum absolute atomic E-state index is 0.595. The number of hydrogen-bond donors (Lipinski definition) is 1. The quantitative estimate of drug-likeness (QED) is 0.664. The summed E-state index contributed by atoms with van der Waals surface area (Å²) in [6, 6.07) is 12.1. The molecule has 0 heterocycles. The first-order valence-electron chi connectivity index (χ1n) is 8.27. The van der Waals surface area contributed by atoms with E-state index in [9.17, 15) is 0 Å². The molecule has 1 aromatic rings. The largest absolute Gasteiger partial charge is 0.311 e. The van der Waals surface area contributed by atoms with Gasteiger partial charge >= 0.3 is 0 Å². The van der Waals surface area contributed by atoms with E-state index in [1.807, 2.05) is 0 Å². The average molecular weight is 275 g/mol. The van der Waals surface area contributed by atoms with E-state index in [4.69, 9.17) is 0 Å². The Kier molecular flexibility index (Phi) is 7.91. The van der Waals surface area contributed by atoms with Gasteiger partial charge in [0, 0.05) is 12.1 Å². The Bertz CT molecular complexity index is 332. The first-order valence-corrected chi connectivity index (χ1v) is 8.27. The van der Waals surface area contributed by atoms with Gasteiger partial charge in [-0.3, -0.25) is 0 Å². The summed E-state index contributed by atoms with van der Waals surface area (Å²) in [5.41, 5.74) is 1.45. The molecule has 0 amide bonds. The lowest BCUT2D eigenvalue weighted by Crippen LogP contribution is -2.38. The van der Waals surface area contributed by atoms with Crippen LogP contribution in [-0.4, -0.2) is 12.1 Å². The fourth-order valence-electron chi connectivity index (χ4n) is 2.88. The Morgan fingerprint density at radius 1 is 0.850 bits per heavy atom. The van der Waals surface area contributed by atoms with Gasteiger partial charge in [0.2, 0.25) is 0 Å². The van der Waals surface area contributed by atoms with Crippen LogP contribution < -0.4 is 5.32 Å². The zero-order chi connectivity index (χ0) is 15.0. The minimum Gasteiger partial charge on any atom is -0.311 e. The van der Waals surface area contributed by atoms with Crippen molar-refractivity contribution in [2.24, 2.45) is 11.8 Å². The van der Waals surface area contributed by atoms with E-state index in [0.29, 0.717) is 12.1 Å². The minimum atomic E-state index is 0.595. The Labute approximate surface area is 126 Å². The molecule has 0 bridgehead atoms. The van der Waals surface area contributed by atoms with Crippen LogP contribution in [0.1, 0.15) is 59.4 Å². The molecule has 0 aliphatic heterocycles. The predicted molar refractivity (Wildman–Crippen MR) is 90.1 cm³/mol. The molecule has 114 valence electrons. The molecule has 20 heavy (non-hydrogen) atoms. The summed E-state index contributed by atoms with van der Waals surface area (Å²) >= 11 is 0. The Morgan fingerprint density at radius 2 is 1.40 bits per heavy atom. The lowest BCUT2D eigenvalue weighted by atomic mass is 9.94. The monoisotopic (exact) mass is 275 g/mol. The summed E-state index contributed by atoms with van der Waals surface area (Å²) in [4.78, 5) is 0. The lowest BCUT2D eigenvalue weighted by molar-refractivity contribution is 0.326. The van der Waals surface area contributed by atoms with E-state index in [-0.39, 0.29) is 0 Å². The zero-order valence-corrected chi connectivity index (χ0v) is 14.0. The van der Waals surface area contributed by atoms with E-state index in [0.717, 1.165) is 11.8 Å². The summed E-state index contributed by atoms with van der Waals surface area (Å²) < 4.78 is 0. The van der Waals surface area contributed by atoms with E-state index >= 15 is 0 Å². The van der Waals surface area contributed by atoms with Crippen LogP contribution in [0.3, 0.4) is 0 Å². The number of nitrogens with one attached hydrogen (secondary N) is 1. The molecule has 1 heteroatoms. The third kappa shape index (κ3) is 7.69. The van der Waals surface area contributed by atoms with Gasteiger partial charge in [-0.05, 0) is 50.0 Å². The average Bonchev–Trinajstić information content (AvgIpc) is 2.36. The molecule has 0 aliphatic rings. The molecular formula is C19H33N. The second-order valence-corrected chi connectivity index (χ2v) is 7.05. The Hall–Kier alpha value is -0.820. The van der Waals surface area contributed by atoms with E-state index < -0.39 is 0 Å². The summed E-state index contributed by atoms with van der Waals surface area (Å²) in [6.45, 7) is 11.6. The van der Waals surface area contributed by atoms with Gasteiger partial charge in [-0.25, -0.2) is 0 Å². The molecule has 0 saturated carbocycles. The third-order valence-electron chi connectivity index (χ3n) is 3.74. The lowest BCUT2D eigenvalue weighted by Gasteiger charge is -2.26. The van der Waals surface area contributed by atoms with Crippen LogP contribution in [0.25, 0.3) is 0 Å². The summed E-state index contributed by atoms with van der Waals surface area (Å²) in [5, 5.41) is 3.85. The van der Waals surface area contributed by atoms with Crippen molar-refractivity contribution in [1.29, 1.82) is 0 Å². The predicted octanol–water partition coefficient (Wildman–Crippen LogP) is 5.06. The molecule has 1 nitrogen and oxygen atoms in total. The molecule has 0 radical (unpaired) electrons. The molecule has 0 aromatic heterocycles. The first-order chi connectivity index (χ1) is 9.47. The highest BCUT2D eigenvalue weighted by molar-refractivity contribution is 5.14. The molecule has 1 aromatic carbocycles. The Balaban J connectivity index is 2.38. The maximum atomic E-state index is 3.85. The van der Waals surface area contributed by atoms with Crippen LogP contribution >= 0.6 is 0 Å². The van der Waals surface area contributed by atoms with E-state index in [2.05, 4.69) is 70.3 Å². The van der Waals surface area contributed by atoms with Gasteiger partial charge in [0.15, 0.2) is 0 Å². The summed E-state index contributed by atoms with van der Waals surface area (Å²) in [7, 11) is 0. The molecule has 0 fully saturated rings. The fraction of sp³-hybridized carbons (Fsp3) is 0.684. The van der Waals surface area contributed by atoms with Crippen LogP contribution in [0, 0.1) is 11.8 Å². The van der Waals surface area contributed by atoms with Crippen LogP contribution in [0.5, 0.6) is 0 Å². The van der Waals surface area contributed by atoms with Gasteiger partial charge in [-0.1, -0.05) is 58.0 Å². The van der Waals surface area contributed by atoms with Crippen molar-refractivity contribution in [3.63, 3.8) is 0 Å². The van der Waals surface area contributed by atoms with Gasteiger partial charge in [-0.15, -0.1) is 0 Å². The molecule has 1 atom stereocenters.